The van der Waals surface area contributed by atoms with Gasteiger partial charge in [-0.15, -0.1) is 0 Å². The van der Waals surface area contributed by atoms with Crippen LogP contribution in [0.15, 0.2) is 24.4 Å². The summed E-state index contributed by atoms with van der Waals surface area (Å²) in [6.07, 6.45) is 2.97. The molecule has 0 bridgehead atoms. The Labute approximate surface area is 136 Å². The van der Waals surface area contributed by atoms with Crippen LogP contribution in [0.3, 0.4) is 0 Å². The zero-order valence-electron chi connectivity index (χ0n) is 14.2. The summed E-state index contributed by atoms with van der Waals surface area (Å²) in [5.41, 5.74) is 3.40. The summed E-state index contributed by atoms with van der Waals surface area (Å²) >= 11 is 0. The van der Waals surface area contributed by atoms with Crippen molar-refractivity contribution in [1.82, 2.24) is 14.5 Å². The molecule has 23 heavy (non-hydrogen) atoms. The lowest BCUT2D eigenvalue weighted by Crippen LogP contribution is -2.16. The summed E-state index contributed by atoms with van der Waals surface area (Å²) in [5, 5.41) is 15.5. The van der Waals surface area contributed by atoms with Crippen molar-refractivity contribution in [1.29, 1.82) is 0 Å². The Morgan fingerprint density at radius 3 is 2.83 bits per heavy atom. The fourth-order valence-electron chi connectivity index (χ4n) is 3.16. The summed E-state index contributed by atoms with van der Waals surface area (Å²) in [5.74, 6) is 1.17. The summed E-state index contributed by atoms with van der Waals surface area (Å²) in [4.78, 5) is 6.77. The van der Waals surface area contributed by atoms with Crippen LogP contribution in [0.4, 0.5) is 5.82 Å². The Bertz CT molecular complexity index is 851. The maximum Gasteiger partial charge on any atom is 0.136 e. The van der Waals surface area contributed by atoms with E-state index in [2.05, 4.69) is 47.8 Å². The number of hydrogen-bond donors (Lipinski definition) is 2. The van der Waals surface area contributed by atoms with Crippen LogP contribution >= 0.6 is 0 Å². The minimum Gasteiger partial charge on any atom is -0.508 e. The number of aromatic nitrogens is 2. The lowest BCUT2D eigenvalue weighted by atomic mass is 10.1. The second-order valence-corrected chi connectivity index (χ2v) is 6.36. The van der Waals surface area contributed by atoms with Crippen molar-refractivity contribution in [3.63, 3.8) is 0 Å². The SMILES string of the molecule is Cc1cnc(NCCCN(C)C)c2c3cc(O)ccc3n(C)c12. The van der Waals surface area contributed by atoms with Crippen molar-refractivity contribution in [2.24, 2.45) is 7.05 Å². The molecule has 3 aromatic rings. The van der Waals surface area contributed by atoms with E-state index in [1.165, 1.54) is 0 Å². The maximum absolute atomic E-state index is 9.88. The number of rotatable bonds is 5. The third kappa shape index (κ3) is 2.84. The average molecular weight is 312 g/mol. The van der Waals surface area contributed by atoms with Gasteiger partial charge in [-0.2, -0.15) is 0 Å². The highest BCUT2D eigenvalue weighted by Crippen LogP contribution is 2.35. The van der Waals surface area contributed by atoms with E-state index < -0.39 is 0 Å². The van der Waals surface area contributed by atoms with Crippen LogP contribution in [0.1, 0.15) is 12.0 Å². The molecule has 0 saturated heterocycles. The predicted molar refractivity (Wildman–Crippen MR) is 96.3 cm³/mol. The number of pyridine rings is 1. The summed E-state index contributed by atoms with van der Waals surface area (Å²) in [7, 11) is 6.22. The number of phenols is 1. The fourth-order valence-corrected chi connectivity index (χ4v) is 3.16. The van der Waals surface area contributed by atoms with Gasteiger partial charge in [0.05, 0.1) is 10.9 Å². The standard InChI is InChI=1S/C18H24N4O/c1-12-11-20-18(19-8-5-9-21(2)3)16-14-10-13(23)6-7-15(14)22(4)17(12)16/h6-7,10-11,23H,5,8-9H2,1-4H3,(H,19,20). The van der Waals surface area contributed by atoms with E-state index in [4.69, 9.17) is 0 Å². The smallest absolute Gasteiger partial charge is 0.136 e. The number of hydrogen-bond acceptors (Lipinski definition) is 4. The van der Waals surface area contributed by atoms with Gasteiger partial charge < -0.3 is 19.9 Å². The van der Waals surface area contributed by atoms with Crippen molar-refractivity contribution < 1.29 is 5.11 Å². The lowest BCUT2D eigenvalue weighted by molar-refractivity contribution is 0.405. The minimum atomic E-state index is 0.282. The molecule has 0 spiro atoms. The van der Waals surface area contributed by atoms with Crippen molar-refractivity contribution in [2.75, 3.05) is 32.5 Å². The first-order chi connectivity index (χ1) is 11.0. The van der Waals surface area contributed by atoms with Crippen LogP contribution in [0.2, 0.25) is 0 Å². The third-order valence-electron chi connectivity index (χ3n) is 4.26. The normalized spacial score (nSPS) is 11.7. The average Bonchev–Trinajstić information content (AvgIpc) is 2.79. The molecule has 0 radical (unpaired) electrons. The molecule has 0 unspecified atom stereocenters. The van der Waals surface area contributed by atoms with E-state index in [1.807, 2.05) is 18.3 Å². The first-order valence-electron chi connectivity index (χ1n) is 7.94. The fraction of sp³-hybridized carbons (Fsp3) is 0.389. The van der Waals surface area contributed by atoms with Gasteiger partial charge >= 0.3 is 0 Å². The molecule has 0 aliphatic carbocycles. The lowest BCUT2D eigenvalue weighted by Gasteiger charge is -2.11. The van der Waals surface area contributed by atoms with Gasteiger partial charge in [-0.3, -0.25) is 0 Å². The Kier molecular flexibility index (Phi) is 4.13. The van der Waals surface area contributed by atoms with Gasteiger partial charge in [0, 0.05) is 30.7 Å². The maximum atomic E-state index is 9.88. The molecule has 0 fully saturated rings. The van der Waals surface area contributed by atoms with Gasteiger partial charge in [0.1, 0.15) is 11.6 Å². The van der Waals surface area contributed by atoms with E-state index in [0.717, 1.165) is 52.7 Å². The molecule has 5 heteroatoms. The quantitative estimate of drug-likeness (QED) is 0.711. The molecule has 1 aromatic carbocycles. The molecule has 3 rings (SSSR count). The summed E-state index contributed by atoms with van der Waals surface area (Å²) in [6.45, 7) is 3.99. The number of fused-ring (bicyclic) bond motifs is 3. The summed E-state index contributed by atoms with van der Waals surface area (Å²) < 4.78 is 2.17. The van der Waals surface area contributed by atoms with Crippen LogP contribution in [-0.4, -0.2) is 46.7 Å². The molecule has 2 heterocycles. The highest BCUT2D eigenvalue weighted by Gasteiger charge is 2.15. The zero-order chi connectivity index (χ0) is 16.6. The molecule has 0 saturated carbocycles. The first-order valence-corrected chi connectivity index (χ1v) is 7.94. The van der Waals surface area contributed by atoms with E-state index in [9.17, 15) is 5.11 Å². The van der Waals surface area contributed by atoms with Crippen LogP contribution < -0.4 is 5.32 Å². The van der Waals surface area contributed by atoms with E-state index in [-0.39, 0.29) is 5.75 Å². The first kappa shape index (κ1) is 15.6. The van der Waals surface area contributed by atoms with Crippen LogP contribution in [0.5, 0.6) is 5.75 Å². The molecule has 0 aliphatic heterocycles. The number of nitrogens with one attached hydrogen (secondary N) is 1. The highest BCUT2D eigenvalue weighted by molar-refractivity contribution is 6.14. The Balaban J connectivity index is 2.08. The molecular formula is C18H24N4O. The van der Waals surface area contributed by atoms with Gasteiger partial charge in [-0.05, 0) is 57.7 Å². The number of nitrogens with zero attached hydrogens (tertiary/aromatic N) is 3. The van der Waals surface area contributed by atoms with Crippen molar-refractivity contribution in [2.45, 2.75) is 13.3 Å². The molecule has 5 nitrogen and oxygen atoms in total. The molecule has 0 amide bonds. The molecule has 0 atom stereocenters. The second-order valence-electron chi connectivity index (χ2n) is 6.36. The molecular weight excluding hydrogens is 288 g/mol. The molecule has 0 aliphatic rings. The van der Waals surface area contributed by atoms with Crippen molar-refractivity contribution in [3.05, 3.63) is 30.0 Å². The molecule has 122 valence electrons. The predicted octanol–water partition coefficient (Wildman–Crippen LogP) is 3.10. The van der Waals surface area contributed by atoms with E-state index in [0.29, 0.717) is 0 Å². The highest BCUT2D eigenvalue weighted by atomic mass is 16.3. The van der Waals surface area contributed by atoms with Crippen molar-refractivity contribution >= 4 is 27.6 Å². The van der Waals surface area contributed by atoms with Gasteiger partial charge in [0.15, 0.2) is 0 Å². The Morgan fingerprint density at radius 1 is 1.30 bits per heavy atom. The third-order valence-corrected chi connectivity index (χ3v) is 4.26. The monoisotopic (exact) mass is 312 g/mol. The van der Waals surface area contributed by atoms with Crippen LogP contribution in [-0.2, 0) is 7.05 Å². The van der Waals surface area contributed by atoms with Gasteiger partial charge in [-0.1, -0.05) is 0 Å². The van der Waals surface area contributed by atoms with Crippen LogP contribution in [0.25, 0.3) is 21.8 Å². The number of benzene rings is 1. The van der Waals surface area contributed by atoms with Gasteiger partial charge in [0.25, 0.3) is 0 Å². The number of phenolic OH excluding ortho intramolecular Hbond substituents is 1. The van der Waals surface area contributed by atoms with Crippen molar-refractivity contribution in [3.8, 4) is 5.75 Å². The number of anilines is 1. The van der Waals surface area contributed by atoms with Gasteiger partial charge in [0.2, 0.25) is 0 Å². The molecule has 2 N–H and O–H groups in total. The minimum absolute atomic E-state index is 0.282. The Morgan fingerprint density at radius 2 is 2.09 bits per heavy atom. The topological polar surface area (TPSA) is 53.3 Å². The number of aromatic hydroxyl groups is 1. The second kappa shape index (κ2) is 6.08. The summed E-state index contributed by atoms with van der Waals surface area (Å²) in [6, 6.07) is 5.51. The van der Waals surface area contributed by atoms with E-state index in [1.54, 1.807) is 6.07 Å². The van der Waals surface area contributed by atoms with E-state index >= 15 is 0 Å². The molecule has 2 aromatic heterocycles. The zero-order valence-corrected chi connectivity index (χ0v) is 14.2. The Hall–Kier alpha value is -2.27. The largest absolute Gasteiger partial charge is 0.508 e. The number of aryl methyl sites for hydroxylation is 2. The van der Waals surface area contributed by atoms with Gasteiger partial charge in [-0.25, -0.2) is 4.98 Å². The van der Waals surface area contributed by atoms with Crippen LogP contribution in [0, 0.1) is 6.92 Å².